The summed E-state index contributed by atoms with van der Waals surface area (Å²) in [5, 5.41) is 11.0. The number of methoxy groups -OCH3 is 1. The molecule has 0 aromatic carbocycles. The zero-order valence-corrected chi connectivity index (χ0v) is 21.6. The van der Waals surface area contributed by atoms with Gasteiger partial charge in [-0.2, -0.15) is 0 Å². The molecule has 0 spiro atoms. The van der Waals surface area contributed by atoms with Crippen molar-refractivity contribution in [2.75, 3.05) is 13.9 Å². The predicted octanol–water partition coefficient (Wildman–Crippen LogP) is 5.09. The third-order valence-corrected chi connectivity index (χ3v) is 5.08. The van der Waals surface area contributed by atoms with E-state index in [4.69, 9.17) is 18.9 Å². The van der Waals surface area contributed by atoms with E-state index in [1.807, 2.05) is 13.8 Å². The zero-order chi connectivity index (χ0) is 25.6. The number of ether oxygens (including phenoxy) is 4. The van der Waals surface area contributed by atoms with Crippen LogP contribution in [0.5, 0.6) is 0 Å². The van der Waals surface area contributed by atoms with E-state index in [2.05, 4.69) is 4.98 Å². The molecule has 0 saturated carbocycles. The highest BCUT2D eigenvalue weighted by atomic mass is 32.1. The van der Waals surface area contributed by atoms with Crippen LogP contribution in [0.1, 0.15) is 83.4 Å². The number of carboxylic acid groups (broad SMARTS) is 1. The van der Waals surface area contributed by atoms with E-state index in [1.54, 1.807) is 41.5 Å². The maximum absolute atomic E-state index is 13.1. The highest BCUT2D eigenvalue weighted by Gasteiger charge is 2.40. The second-order valence-electron chi connectivity index (χ2n) is 9.82. The van der Waals surface area contributed by atoms with Crippen LogP contribution < -0.4 is 0 Å². The van der Waals surface area contributed by atoms with Crippen molar-refractivity contribution < 1.29 is 38.4 Å². The maximum atomic E-state index is 13.1. The summed E-state index contributed by atoms with van der Waals surface area (Å²) in [6.45, 7) is 13.8. The summed E-state index contributed by atoms with van der Waals surface area (Å²) in [6.07, 6.45) is -2.29. The van der Waals surface area contributed by atoms with Gasteiger partial charge in [0.25, 0.3) is 0 Å². The van der Waals surface area contributed by atoms with Gasteiger partial charge in [0.2, 0.25) is 0 Å². The van der Waals surface area contributed by atoms with Crippen molar-refractivity contribution in [1.82, 2.24) is 9.88 Å². The molecule has 10 nitrogen and oxygen atoms in total. The van der Waals surface area contributed by atoms with Gasteiger partial charge in [-0.25, -0.2) is 24.3 Å². The fourth-order valence-electron chi connectivity index (χ4n) is 2.79. The van der Waals surface area contributed by atoms with Crippen molar-refractivity contribution in [2.24, 2.45) is 5.92 Å². The largest absolute Gasteiger partial charge is 0.476 e. The molecule has 0 radical (unpaired) electrons. The molecule has 2 amide bonds. The standard InChI is InChI=1S/C22H36N2O8S/c1-13(2)15(10-16(30-12-29-9)17-23-14(11-33-17)18(25)26)24(19(27)31-21(3,4)5)20(28)32-22(6,7)8/h11,13,15-16H,10,12H2,1-9H3,(H,25,26)/t15-,16-/m1/s1. The van der Waals surface area contributed by atoms with Crippen molar-refractivity contribution in [1.29, 1.82) is 0 Å². The number of nitrogens with zero attached hydrogens (tertiary/aromatic N) is 2. The molecule has 2 atom stereocenters. The summed E-state index contributed by atoms with van der Waals surface area (Å²) in [4.78, 5) is 42.6. The van der Waals surface area contributed by atoms with E-state index in [0.29, 0.717) is 5.01 Å². The molecule has 11 heteroatoms. The number of hydrogen-bond acceptors (Lipinski definition) is 9. The molecule has 0 fully saturated rings. The highest BCUT2D eigenvalue weighted by Crippen LogP contribution is 2.32. The third kappa shape index (κ3) is 9.65. The van der Waals surface area contributed by atoms with Crippen LogP contribution in [0.15, 0.2) is 5.38 Å². The van der Waals surface area contributed by atoms with Crippen LogP contribution >= 0.6 is 11.3 Å². The van der Waals surface area contributed by atoms with E-state index in [0.717, 1.165) is 16.2 Å². The summed E-state index contributed by atoms with van der Waals surface area (Å²) < 4.78 is 21.8. The third-order valence-electron chi connectivity index (χ3n) is 4.14. The summed E-state index contributed by atoms with van der Waals surface area (Å²) in [7, 11) is 1.45. The average Bonchev–Trinajstić information content (AvgIpc) is 3.11. The Morgan fingerprint density at radius 1 is 1.06 bits per heavy atom. The first-order valence-electron chi connectivity index (χ1n) is 10.6. The minimum absolute atomic E-state index is 0.0870. The smallest absolute Gasteiger partial charge is 0.420 e. The Bertz CT molecular complexity index is 782. The second-order valence-corrected chi connectivity index (χ2v) is 10.7. The van der Waals surface area contributed by atoms with Gasteiger partial charge in [0.15, 0.2) is 5.69 Å². The number of thiazole rings is 1. The molecule has 0 aliphatic carbocycles. The summed E-state index contributed by atoms with van der Waals surface area (Å²) >= 11 is 1.12. The van der Waals surface area contributed by atoms with E-state index in [1.165, 1.54) is 12.5 Å². The lowest BCUT2D eigenvalue weighted by Gasteiger charge is -2.36. The van der Waals surface area contributed by atoms with Crippen molar-refractivity contribution >= 4 is 29.5 Å². The predicted molar refractivity (Wildman–Crippen MR) is 122 cm³/mol. The van der Waals surface area contributed by atoms with Crippen LogP contribution in [0, 0.1) is 5.92 Å². The Kier molecular flexibility index (Phi) is 10.3. The molecule has 188 valence electrons. The van der Waals surface area contributed by atoms with Gasteiger partial charge < -0.3 is 24.1 Å². The number of amides is 2. The summed E-state index contributed by atoms with van der Waals surface area (Å²) in [6, 6.07) is -0.700. The van der Waals surface area contributed by atoms with Crippen LogP contribution in [0.25, 0.3) is 0 Å². The van der Waals surface area contributed by atoms with Crippen molar-refractivity contribution in [2.45, 2.75) is 85.2 Å². The minimum atomic E-state index is -1.16. The molecule has 1 aromatic rings. The number of aromatic nitrogens is 1. The summed E-state index contributed by atoms with van der Waals surface area (Å²) in [5.41, 5.74) is -1.79. The molecule has 0 saturated heterocycles. The first kappa shape index (κ1) is 28.8. The van der Waals surface area contributed by atoms with Gasteiger partial charge in [-0.05, 0) is 47.5 Å². The molecular weight excluding hydrogens is 452 g/mol. The van der Waals surface area contributed by atoms with Gasteiger partial charge in [-0.1, -0.05) is 13.8 Å². The number of hydrogen-bond donors (Lipinski definition) is 1. The summed E-state index contributed by atoms with van der Waals surface area (Å²) in [5.74, 6) is -1.37. The highest BCUT2D eigenvalue weighted by molar-refractivity contribution is 7.09. The van der Waals surface area contributed by atoms with E-state index < -0.39 is 41.5 Å². The maximum Gasteiger partial charge on any atom is 0.420 e. The van der Waals surface area contributed by atoms with Crippen molar-refractivity contribution in [3.8, 4) is 0 Å². The SMILES string of the molecule is COCO[C@H](C[C@H](C(C)C)N(C(=O)OC(C)(C)C)C(=O)OC(C)(C)C)c1nc(C(=O)O)cs1. The molecule has 0 aliphatic heterocycles. The van der Waals surface area contributed by atoms with Gasteiger partial charge in [-0.15, -0.1) is 11.3 Å². The molecular formula is C22H36N2O8S. The van der Waals surface area contributed by atoms with Gasteiger partial charge in [-0.3, -0.25) is 0 Å². The molecule has 1 aromatic heterocycles. The lowest BCUT2D eigenvalue weighted by Crippen LogP contribution is -2.51. The Morgan fingerprint density at radius 3 is 1.94 bits per heavy atom. The molecule has 0 bridgehead atoms. The number of carbonyl (C=O) groups is 3. The van der Waals surface area contributed by atoms with Crippen LogP contribution in [-0.2, 0) is 18.9 Å². The van der Waals surface area contributed by atoms with E-state index in [-0.39, 0.29) is 24.8 Å². The van der Waals surface area contributed by atoms with Gasteiger partial charge in [0.05, 0.1) is 6.04 Å². The zero-order valence-electron chi connectivity index (χ0n) is 20.8. The van der Waals surface area contributed by atoms with Crippen molar-refractivity contribution in [3.63, 3.8) is 0 Å². The molecule has 33 heavy (non-hydrogen) atoms. The molecule has 0 aliphatic rings. The topological polar surface area (TPSA) is 124 Å². The normalized spacial score (nSPS) is 14.0. The van der Waals surface area contributed by atoms with Crippen LogP contribution in [0.2, 0.25) is 0 Å². The Morgan fingerprint density at radius 2 is 1.58 bits per heavy atom. The quantitative estimate of drug-likeness (QED) is 0.473. The van der Waals surface area contributed by atoms with E-state index in [9.17, 15) is 19.5 Å². The Balaban J connectivity index is 3.38. The molecule has 1 N–H and O–H groups in total. The molecule has 1 heterocycles. The average molecular weight is 489 g/mol. The fourth-order valence-corrected chi connectivity index (χ4v) is 3.64. The number of aromatic carboxylic acids is 1. The van der Waals surface area contributed by atoms with Crippen LogP contribution in [0.3, 0.4) is 0 Å². The number of imide groups is 1. The Hall–Kier alpha value is -2.24. The fraction of sp³-hybridized carbons (Fsp3) is 0.727. The van der Waals surface area contributed by atoms with Crippen LogP contribution in [-0.4, -0.2) is 64.3 Å². The number of carbonyl (C=O) groups excluding carboxylic acids is 2. The second kappa shape index (κ2) is 11.8. The van der Waals surface area contributed by atoms with Crippen molar-refractivity contribution in [3.05, 3.63) is 16.1 Å². The van der Waals surface area contributed by atoms with E-state index >= 15 is 0 Å². The Labute approximate surface area is 199 Å². The first-order chi connectivity index (χ1) is 15.1. The minimum Gasteiger partial charge on any atom is -0.476 e. The van der Waals surface area contributed by atoms with Gasteiger partial charge >= 0.3 is 18.2 Å². The number of carboxylic acids is 1. The van der Waals surface area contributed by atoms with Crippen LogP contribution in [0.4, 0.5) is 9.59 Å². The first-order valence-corrected chi connectivity index (χ1v) is 11.5. The van der Waals surface area contributed by atoms with Gasteiger partial charge in [0.1, 0.15) is 29.1 Å². The monoisotopic (exact) mass is 488 g/mol. The molecule has 1 rings (SSSR count). The number of rotatable bonds is 9. The molecule has 0 unspecified atom stereocenters. The lowest BCUT2D eigenvalue weighted by molar-refractivity contribution is -0.0855. The lowest BCUT2D eigenvalue weighted by atomic mass is 9.96. The van der Waals surface area contributed by atoms with Gasteiger partial charge in [0, 0.05) is 18.9 Å².